The van der Waals surface area contributed by atoms with Crippen molar-refractivity contribution in [3.8, 4) is 0 Å². The molecule has 0 aliphatic carbocycles. The number of piperidine rings is 1. The average molecular weight is 306 g/mol. The van der Waals surface area contributed by atoms with Crippen molar-refractivity contribution in [3.05, 3.63) is 35.9 Å². The summed E-state index contributed by atoms with van der Waals surface area (Å²) < 4.78 is 5.57. The molecule has 2 rings (SSSR count). The van der Waals surface area contributed by atoms with Gasteiger partial charge < -0.3 is 15.6 Å². The molecule has 1 aliphatic rings. The van der Waals surface area contributed by atoms with Gasteiger partial charge in [0.2, 0.25) is 5.91 Å². The molecule has 122 valence electrons. The van der Waals surface area contributed by atoms with Crippen molar-refractivity contribution in [1.29, 1.82) is 0 Å². The van der Waals surface area contributed by atoms with Gasteiger partial charge in [0.05, 0.1) is 19.3 Å². The number of hydrogen-bond acceptors (Lipinski definition) is 4. The number of amides is 1. The van der Waals surface area contributed by atoms with Crippen LogP contribution in [0.25, 0.3) is 0 Å². The van der Waals surface area contributed by atoms with Gasteiger partial charge in [-0.05, 0) is 24.9 Å². The van der Waals surface area contributed by atoms with Crippen LogP contribution < -0.4 is 5.73 Å². The molecule has 1 amide bonds. The SMILES string of the molecule is NC(=O)CC1CCCCN1CC(O)COCc1ccccc1. The molecule has 3 N–H and O–H groups in total. The van der Waals surface area contributed by atoms with E-state index >= 15 is 0 Å². The van der Waals surface area contributed by atoms with Crippen molar-refractivity contribution in [2.45, 2.75) is 44.4 Å². The highest BCUT2D eigenvalue weighted by molar-refractivity contribution is 5.74. The van der Waals surface area contributed by atoms with Crippen LogP contribution >= 0.6 is 0 Å². The van der Waals surface area contributed by atoms with E-state index in [0.717, 1.165) is 31.4 Å². The fraction of sp³-hybridized carbons (Fsp3) is 0.588. The van der Waals surface area contributed by atoms with Gasteiger partial charge in [0.25, 0.3) is 0 Å². The fourth-order valence-electron chi connectivity index (χ4n) is 2.97. The molecular weight excluding hydrogens is 280 g/mol. The summed E-state index contributed by atoms with van der Waals surface area (Å²) in [5.41, 5.74) is 6.40. The van der Waals surface area contributed by atoms with E-state index in [1.54, 1.807) is 0 Å². The number of ether oxygens (including phenoxy) is 1. The third-order valence-electron chi connectivity index (χ3n) is 4.05. The molecule has 1 aromatic rings. The van der Waals surface area contributed by atoms with Crippen molar-refractivity contribution in [2.75, 3.05) is 19.7 Å². The van der Waals surface area contributed by atoms with E-state index in [1.807, 2.05) is 30.3 Å². The zero-order valence-corrected chi connectivity index (χ0v) is 13.0. The molecule has 5 nitrogen and oxygen atoms in total. The lowest BCUT2D eigenvalue weighted by atomic mass is 9.98. The summed E-state index contributed by atoms with van der Waals surface area (Å²) in [5, 5.41) is 10.1. The lowest BCUT2D eigenvalue weighted by Crippen LogP contribution is -2.46. The Kier molecular flexibility index (Phi) is 6.83. The zero-order chi connectivity index (χ0) is 15.8. The Morgan fingerprint density at radius 2 is 2.14 bits per heavy atom. The smallest absolute Gasteiger partial charge is 0.218 e. The minimum absolute atomic E-state index is 0.162. The molecule has 1 aromatic carbocycles. The number of carbonyl (C=O) groups is 1. The number of likely N-dealkylation sites (tertiary alicyclic amines) is 1. The maximum atomic E-state index is 11.1. The number of primary amides is 1. The topological polar surface area (TPSA) is 75.8 Å². The van der Waals surface area contributed by atoms with Crippen molar-refractivity contribution in [1.82, 2.24) is 4.90 Å². The number of hydrogen-bond donors (Lipinski definition) is 2. The Morgan fingerprint density at radius 3 is 2.86 bits per heavy atom. The molecule has 0 spiro atoms. The summed E-state index contributed by atoms with van der Waals surface area (Å²) in [6.07, 6.45) is 3.03. The van der Waals surface area contributed by atoms with Crippen LogP contribution in [0, 0.1) is 0 Å². The van der Waals surface area contributed by atoms with Crippen LogP contribution in [-0.4, -0.2) is 47.8 Å². The van der Waals surface area contributed by atoms with Gasteiger partial charge in [0.1, 0.15) is 0 Å². The first-order valence-electron chi connectivity index (χ1n) is 7.97. The molecule has 0 bridgehead atoms. The van der Waals surface area contributed by atoms with Gasteiger partial charge >= 0.3 is 0 Å². The molecule has 2 atom stereocenters. The van der Waals surface area contributed by atoms with Crippen molar-refractivity contribution >= 4 is 5.91 Å². The van der Waals surface area contributed by atoms with Crippen LogP contribution in [0.2, 0.25) is 0 Å². The first-order chi connectivity index (χ1) is 10.6. The monoisotopic (exact) mass is 306 g/mol. The van der Waals surface area contributed by atoms with E-state index in [-0.39, 0.29) is 11.9 Å². The number of benzene rings is 1. The normalized spacial score (nSPS) is 20.7. The molecule has 1 heterocycles. The summed E-state index contributed by atoms with van der Waals surface area (Å²) in [6, 6.07) is 10.1. The molecule has 1 saturated heterocycles. The molecular formula is C17H26N2O3. The van der Waals surface area contributed by atoms with E-state index in [4.69, 9.17) is 10.5 Å². The number of rotatable bonds is 8. The molecule has 5 heteroatoms. The maximum Gasteiger partial charge on any atom is 0.218 e. The molecule has 0 aromatic heterocycles. The second-order valence-corrected chi connectivity index (χ2v) is 5.97. The summed E-state index contributed by atoms with van der Waals surface area (Å²) in [6.45, 7) is 2.25. The average Bonchev–Trinajstić information content (AvgIpc) is 2.50. The second kappa shape index (κ2) is 8.88. The summed E-state index contributed by atoms with van der Waals surface area (Å²) >= 11 is 0. The van der Waals surface area contributed by atoms with Gasteiger partial charge in [0.15, 0.2) is 0 Å². The van der Waals surface area contributed by atoms with Crippen LogP contribution in [0.1, 0.15) is 31.2 Å². The third kappa shape index (κ3) is 5.75. The second-order valence-electron chi connectivity index (χ2n) is 5.97. The highest BCUT2D eigenvalue weighted by atomic mass is 16.5. The molecule has 1 fully saturated rings. The Morgan fingerprint density at radius 1 is 1.36 bits per heavy atom. The van der Waals surface area contributed by atoms with Crippen LogP contribution in [0.4, 0.5) is 0 Å². The lowest BCUT2D eigenvalue weighted by Gasteiger charge is -2.36. The van der Waals surface area contributed by atoms with Crippen LogP contribution in [0.3, 0.4) is 0 Å². The van der Waals surface area contributed by atoms with Gasteiger partial charge in [-0.25, -0.2) is 0 Å². The van der Waals surface area contributed by atoms with Crippen LogP contribution in [0.5, 0.6) is 0 Å². The van der Waals surface area contributed by atoms with Gasteiger partial charge in [-0.2, -0.15) is 0 Å². The van der Waals surface area contributed by atoms with Crippen LogP contribution in [-0.2, 0) is 16.1 Å². The Hall–Kier alpha value is -1.43. The standard InChI is InChI=1S/C17H26N2O3/c18-17(21)10-15-8-4-5-9-19(15)11-16(20)13-22-12-14-6-2-1-3-7-14/h1-3,6-7,15-16,20H,4-5,8-13H2,(H2,18,21). The predicted octanol–water partition coefficient (Wildman–Crippen LogP) is 1.29. The highest BCUT2D eigenvalue weighted by Crippen LogP contribution is 2.19. The number of β-amino-alcohol motifs (C(OH)–C–C–N with tert-alkyl or cyclic N) is 1. The van der Waals surface area contributed by atoms with Gasteiger partial charge in [-0.3, -0.25) is 9.69 Å². The predicted molar refractivity (Wildman–Crippen MR) is 85.1 cm³/mol. The first-order valence-corrected chi connectivity index (χ1v) is 7.97. The molecule has 22 heavy (non-hydrogen) atoms. The van der Waals surface area contributed by atoms with E-state index in [1.165, 1.54) is 0 Å². The molecule has 0 saturated carbocycles. The molecule has 0 radical (unpaired) electrons. The quantitative estimate of drug-likeness (QED) is 0.759. The Balaban J connectivity index is 1.72. The number of aliphatic hydroxyl groups is 1. The molecule has 1 aliphatic heterocycles. The first kappa shape index (κ1) is 16.9. The van der Waals surface area contributed by atoms with E-state index in [9.17, 15) is 9.90 Å². The van der Waals surface area contributed by atoms with E-state index in [2.05, 4.69) is 4.90 Å². The number of nitrogens with two attached hydrogens (primary N) is 1. The van der Waals surface area contributed by atoms with Gasteiger partial charge in [-0.15, -0.1) is 0 Å². The minimum Gasteiger partial charge on any atom is -0.389 e. The van der Waals surface area contributed by atoms with Crippen molar-refractivity contribution < 1.29 is 14.6 Å². The minimum atomic E-state index is -0.544. The van der Waals surface area contributed by atoms with E-state index in [0.29, 0.717) is 26.2 Å². The maximum absolute atomic E-state index is 11.1. The summed E-state index contributed by atoms with van der Waals surface area (Å²) in [7, 11) is 0. The summed E-state index contributed by atoms with van der Waals surface area (Å²) in [5.74, 6) is -0.272. The number of nitrogens with zero attached hydrogens (tertiary/aromatic N) is 1. The zero-order valence-electron chi connectivity index (χ0n) is 13.0. The highest BCUT2D eigenvalue weighted by Gasteiger charge is 2.25. The van der Waals surface area contributed by atoms with Crippen molar-refractivity contribution in [2.24, 2.45) is 5.73 Å². The van der Waals surface area contributed by atoms with Crippen LogP contribution in [0.15, 0.2) is 30.3 Å². The van der Waals surface area contributed by atoms with Gasteiger partial charge in [0, 0.05) is 19.0 Å². The Labute approximate surface area is 132 Å². The third-order valence-corrected chi connectivity index (χ3v) is 4.05. The lowest BCUT2D eigenvalue weighted by molar-refractivity contribution is -0.119. The summed E-state index contributed by atoms with van der Waals surface area (Å²) in [4.78, 5) is 13.3. The largest absolute Gasteiger partial charge is 0.389 e. The number of aliphatic hydroxyl groups excluding tert-OH is 1. The Bertz CT molecular complexity index is 452. The van der Waals surface area contributed by atoms with Gasteiger partial charge in [-0.1, -0.05) is 36.8 Å². The number of carbonyl (C=O) groups excluding carboxylic acids is 1. The molecule has 2 unspecified atom stereocenters. The van der Waals surface area contributed by atoms with E-state index < -0.39 is 6.10 Å². The fourth-order valence-corrected chi connectivity index (χ4v) is 2.97. The van der Waals surface area contributed by atoms with Crippen molar-refractivity contribution in [3.63, 3.8) is 0 Å².